The van der Waals surface area contributed by atoms with Gasteiger partial charge in [0.2, 0.25) is 5.91 Å². The Morgan fingerprint density at radius 2 is 1.69 bits per heavy atom. The molecule has 0 bridgehead atoms. The Morgan fingerprint density at radius 1 is 1.00 bits per heavy atom. The molecule has 154 valence electrons. The van der Waals surface area contributed by atoms with Gasteiger partial charge in [-0.05, 0) is 42.0 Å². The van der Waals surface area contributed by atoms with Crippen LogP contribution in [0.5, 0.6) is 17.2 Å². The second kappa shape index (κ2) is 9.29. The van der Waals surface area contributed by atoms with Crippen molar-refractivity contribution in [2.24, 2.45) is 5.73 Å². The Hall–Kier alpha value is -3.26. The van der Waals surface area contributed by atoms with Gasteiger partial charge in [0.15, 0.2) is 0 Å². The van der Waals surface area contributed by atoms with Crippen molar-refractivity contribution in [3.8, 4) is 17.2 Å². The number of ether oxygens (including phenoxy) is 3. The smallest absolute Gasteiger partial charge is 0.415 e. The van der Waals surface area contributed by atoms with Gasteiger partial charge < -0.3 is 24.8 Å². The minimum atomic E-state index is -0.599. The molecule has 1 aliphatic heterocycles. The number of hydrogen-bond donors (Lipinski definition) is 1. The van der Waals surface area contributed by atoms with Crippen LogP contribution in [0, 0.1) is 0 Å². The molecule has 8 heteroatoms. The molecule has 2 amide bonds. The van der Waals surface area contributed by atoms with E-state index >= 15 is 0 Å². The van der Waals surface area contributed by atoms with Gasteiger partial charge in [0.1, 0.15) is 23.3 Å². The molecule has 1 heterocycles. The summed E-state index contributed by atoms with van der Waals surface area (Å²) >= 11 is 0. The molecule has 1 saturated heterocycles. The summed E-state index contributed by atoms with van der Waals surface area (Å²) in [4.78, 5) is 28.0. The van der Waals surface area contributed by atoms with Gasteiger partial charge in [0, 0.05) is 26.2 Å². The van der Waals surface area contributed by atoms with Crippen LogP contribution in [0.4, 0.5) is 4.79 Å². The maximum atomic E-state index is 12.5. The summed E-state index contributed by atoms with van der Waals surface area (Å²) in [5, 5.41) is 0. The summed E-state index contributed by atoms with van der Waals surface area (Å²) in [5.41, 5.74) is 6.62. The quantitative estimate of drug-likeness (QED) is 0.797. The lowest BCUT2D eigenvalue weighted by Crippen LogP contribution is -2.59. The first-order chi connectivity index (χ1) is 14.0. The second-order valence-electron chi connectivity index (χ2n) is 6.73. The fraction of sp³-hybridized carbons (Fsp3) is 0.333. The van der Waals surface area contributed by atoms with E-state index in [0.29, 0.717) is 31.1 Å². The van der Waals surface area contributed by atoms with Crippen LogP contribution in [-0.2, 0) is 11.3 Å². The summed E-state index contributed by atoms with van der Waals surface area (Å²) < 4.78 is 15.8. The molecule has 1 fully saturated rings. The Bertz CT molecular complexity index is 856. The predicted octanol–water partition coefficient (Wildman–Crippen LogP) is 1.87. The number of carbonyl (C=O) groups excluding carboxylic acids is 2. The van der Waals surface area contributed by atoms with E-state index in [1.54, 1.807) is 38.5 Å². The van der Waals surface area contributed by atoms with Gasteiger partial charge in [0.05, 0.1) is 14.2 Å². The average molecular weight is 399 g/mol. The monoisotopic (exact) mass is 399 g/mol. The van der Waals surface area contributed by atoms with Gasteiger partial charge in [-0.2, -0.15) is 0 Å². The van der Waals surface area contributed by atoms with Crippen molar-refractivity contribution in [3.05, 3.63) is 54.1 Å². The second-order valence-corrected chi connectivity index (χ2v) is 6.73. The van der Waals surface area contributed by atoms with E-state index in [2.05, 4.69) is 0 Å². The average Bonchev–Trinajstić information content (AvgIpc) is 2.74. The maximum absolute atomic E-state index is 12.5. The first-order valence-corrected chi connectivity index (χ1v) is 9.27. The summed E-state index contributed by atoms with van der Waals surface area (Å²) in [7, 11) is 3.18. The number of carbonyl (C=O) groups is 2. The van der Waals surface area contributed by atoms with Crippen LogP contribution < -0.4 is 19.9 Å². The summed E-state index contributed by atoms with van der Waals surface area (Å²) in [6.45, 7) is 1.64. The number of rotatable bonds is 6. The van der Waals surface area contributed by atoms with Gasteiger partial charge >= 0.3 is 6.09 Å². The van der Waals surface area contributed by atoms with Crippen LogP contribution in [0.3, 0.4) is 0 Å². The maximum Gasteiger partial charge on any atom is 0.415 e. The third kappa shape index (κ3) is 5.17. The zero-order chi connectivity index (χ0) is 20.8. The fourth-order valence-electron chi connectivity index (χ4n) is 3.26. The van der Waals surface area contributed by atoms with Gasteiger partial charge in [-0.3, -0.25) is 9.69 Å². The van der Waals surface area contributed by atoms with Crippen molar-refractivity contribution in [3.63, 3.8) is 0 Å². The SMILES string of the molecule is COc1ccc(OC(=O)N2CCN(Cc3cccc(OC)c3)C(C(N)=O)C2)cc1. The number of primary amides is 1. The van der Waals surface area contributed by atoms with Crippen molar-refractivity contribution in [1.82, 2.24) is 9.80 Å². The van der Waals surface area contributed by atoms with Crippen molar-refractivity contribution >= 4 is 12.0 Å². The Labute approximate surface area is 169 Å². The normalized spacial score (nSPS) is 16.9. The van der Waals surface area contributed by atoms with Gasteiger partial charge in [-0.15, -0.1) is 0 Å². The van der Waals surface area contributed by atoms with E-state index in [9.17, 15) is 9.59 Å². The molecule has 2 aromatic rings. The van der Waals surface area contributed by atoms with Gasteiger partial charge in [0.25, 0.3) is 0 Å². The fourth-order valence-corrected chi connectivity index (χ4v) is 3.26. The number of hydrogen-bond acceptors (Lipinski definition) is 6. The highest BCUT2D eigenvalue weighted by Gasteiger charge is 2.34. The first kappa shape index (κ1) is 20.5. The molecular weight excluding hydrogens is 374 g/mol. The highest BCUT2D eigenvalue weighted by atomic mass is 16.6. The molecule has 2 N–H and O–H groups in total. The van der Waals surface area contributed by atoms with Crippen molar-refractivity contribution in [2.45, 2.75) is 12.6 Å². The summed E-state index contributed by atoms with van der Waals surface area (Å²) in [6.07, 6.45) is -0.512. The van der Waals surface area contributed by atoms with E-state index < -0.39 is 18.0 Å². The van der Waals surface area contributed by atoms with E-state index in [1.807, 2.05) is 29.2 Å². The van der Waals surface area contributed by atoms with Crippen molar-refractivity contribution in [2.75, 3.05) is 33.9 Å². The number of nitrogens with zero attached hydrogens (tertiary/aromatic N) is 2. The lowest BCUT2D eigenvalue weighted by atomic mass is 10.1. The first-order valence-electron chi connectivity index (χ1n) is 9.27. The van der Waals surface area contributed by atoms with E-state index in [1.165, 1.54) is 4.90 Å². The number of piperazine rings is 1. The Morgan fingerprint density at radius 3 is 2.34 bits per heavy atom. The molecule has 1 unspecified atom stereocenters. The van der Waals surface area contributed by atoms with E-state index in [-0.39, 0.29) is 6.54 Å². The van der Waals surface area contributed by atoms with Crippen LogP contribution in [0.1, 0.15) is 5.56 Å². The van der Waals surface area contributed by atoms with Gasteiger partial charge in [-0.25, -0.2) is 4.79 Å². The molecule has 1 aliphatic rings. The topological polar surface area (TPSA) is 94.3 Å². The zero-order valence-electron chi connectivity index (χ0n) is 16.5. The molecular formula is C21H25N3O5. The lowest BCUT2D eigenvalue weighted by molar-refractivity contribution is -0.125. The standard InChI is InChI=1S/C21H25N3O5/c1-27-16-6-8-17(9-7-16)29-21(26)24-11-10-23(19(14-24)20(22)25)13-15-4-3-5-18(12-15)28-2/h3-9,12,19H,10-11,13-14H2,1-2H3,(H2,22,25). The van der Waals surface area contributed by atoms with Crippen LogP contribution in [0.15, 0.2) is 48.5 Å². The van der Waals surface area contributed by atoms with Crippen molar-refractivity contribution < 1.29 is 23.8 Å². The van der Waals surface area contributed by atoms with Crippen LogP contribution in [0.2, 0.25) is 0 Å². The molecule has 3 rings (SSSR count). The molecule has 0 saturated carbocycles. The highest BCUT2D eigenvalue weighted by Crippen LogP contribution is 2.21. The minimum Gasteiger partial charge on any atom is -0.497 e. The third-order valence-electron chi connectivity index (χ3n) is 4.86. The zero-order valence-corrected chi connectivity index (χ0v) is 16.5. The number of benzene rings is 2. The van der Waals surface area contributed by atoms with Gasteiger partial charge in [-0.1, -0.05) is 12.1 Å². The molecule has 0 aliphatic carbocycles. The number of methoxy groups -OCH3 is 2. The van der Waals surface area contributed by atoms with Crippen LogP contribution in [-0.4, -0.2) is 61.7 Å². The van der Waals surface area contributed by atoms with Crippen molar-refractivity contribution in [1.29, 1.82) is 0 Å². The number of nitrogens with two attached hydrogens (primary N) is 1. The summed E-state index contributed by atoms with van der Waals surface area (Å²) in [6, 6.07) is 13.8. The minimum absolute atomic E-state index is 0.175. The lowest BCUT2D eigenvalue weighted by Gasteiger charge is -2.39. The molecule has 29 heavy (non-hydrogen) atoms. The molecule has 0 aromatic heterocycles. The third-order valence-corrected chi connectivity index (χ3v) is 4.86. The largest absolute Gasteiger partial charge is 0.497 e. The molecule has 0 radical (unpaired) electrons. The predicted molar refractivity (Wildman–Crippen MR) is 107 cm³/mol. The highest BCUT2D eigenvalue weighted by molar-refractivity contribution is 5.81. The van der Waals surface area contributed by atoms with E-state index in [0.717, 1.165) is 11.3 Å². The molecule has 0 spiro atoms. The molecule has 1 atom stereocenters. The molecule has 8 nitrogen and oxygen atoms in total. The van der Waals surface area contributed by atoms with Crippen LogP contribution in [0.25, 0.3) is 0 Å². The Kier molecular flexibility index (Phi) is 6.56. The van der Waals surface area contributed by atoms with Crippen LogP contribution >= 0.6 is 0 Å². The Balaban J connectivity index is 1.64. The summed E-state index contributed by atoms with van der Waals surface area (Å²) in [5.74, 6) is 1.35. The van der Waals surface area contributed by atoms with E-state index in [4.69, 9.17) is 19.9 Å². The number of amides is 2. The molecule has 2 aromatic carbocycles.